The third-order valence-electron chi connectivity index (χ3n) is 7.03. The largest absolute Gasteiger partial charge is 0.506 e. The number of piperidine rings is 1. The second kappa shape index (κ2) is 13.8. The van der Waals surface area contributed by atoms with E-state index in [1.165, 1.54) is 41.7 Å². The van der Waals surface area contributed by atoms with Gasteiger partial charge in [-0.3, -0.25) is 9.52 Å². The smallest absolute Gasteiger partial charge is 0.306 e. The van der Waals surface area contributed by atoms with E-state index in [0.29, 0.717) is 49.4 Å². The Bertz CT molecular complexity index is 1620. The van der Waals surface area contributed by atoms with E-state index in [0.717, 1.165) is 6.26 Å². The molecule has 3 aromatic rings. The van der Waals surface area contributed by atoms with Gasteiger partial charge in [-0.1, -0.05) is 11.2 Å². The Hall–Kier alpha value is -3.57. The quantitative estimate of drug-likeness (QED) is 0.156. The Morgan fingerprint density at radius 1 is 1.14 bits per heavy atom. The molecule has 1 aliphatic rings. The maximum atomic E-state index is 13.2. The van der Waals surface area contributed by atoms with E-state index in [4.69, 9.17) is 4.52 Å². The number of aromatic nitrogens is 2. The molecule has 1 aromatic heterocycles. The van der Waals surface area contributed by atoms with Crippen molar-refractivity contribution in [3.05, 3.63) is 53.9 Å². The molecule has 0 saturated carbocycles. The molecule has 0 bridgehead atoms. The van der Waals surface area contributed by atoms with Gasteiger partial charge in [0.15, 0.2) is 0 Å². The van der Waals surface area contributed by atoms with Crippen LogP contribution in [0.3, 0.4) is 0 Å². The molecule has 2 aromatic carbocycles. The summed E-state index contributed by atoms with van der Waals surface area (Å²) in [7, 11) is -6.00. The molecule has 0 radical (unpaired) electrons. The van der Waals surface area contributed by atoms with Crippen LogP contribution in [0.2, 0.25) is 0 Å². The number of rotatable bonds is 13. The van der Waals surface area contributed by atoms with Gasteiger partial charge in [0.05, 0.1) is 36.5 Å². The molecule has 16 heteroatoms. The summed E-state index contributed by atoms with van der Waals surface area (Å²) in [6.07, 6.45) is 1.65. The molecule has 14 nitrogen and oxygen atoms in total. The fourth-order valence-corrected chi connectivity index (χ4v) is 6.68. The number of phenols is 1. The van der Waals surface area contributed by atoms with Gasteiger partial charge in [-0.2, -0.15) is 9.29 Å². The Morgan fingerprint density at radius 2 is 1.84 bits per heavy atom. The van der Waals surface area contributed by atoms with Crippen molar-refractivity contribution >= 4 is 31.7 Å². The van der Waals surface area contributed by atoms with Crippen LogP contribution in [0.4, 0.5) is 5.69 Å². The highest BCUT2D eigenvalue weighted by molar-refractivity contribution is 7.92. The summed E-state index contributed by atoms with van der Waals surface area (Å²) in [6.45, 7) is 1.47. The van der Waals surface area contributed by atoms with Gasteiger partial charge in [-0.25, -0.2) is 16.8 Å². The second-order valence-corrected chi connectivity index (χ2v) is 14.0. The number of aliphatic hydroxyl groups excluding tert-OH is 1. The standard InChI is InChI=1S/C27H35N5O9S2/c1-40-26(35)10-9-25-29-27(30-41-25)19-3-6-21(7-4-19)43(38,39)32-13-11-18(12-14-32)16-28-17-24(34)20-5-8-23(33)22(15-20)31-42(2,36)37/h3-8,15,18,24,28,31,33-34H,9-14,16-17H2,1-2H3. The SMILES string of the molecule is COC(=O)CCc1nc(-c2ccc(S(=O)(=O)N3CCC(CNCC(O)c4ccc(O)c(NS(C)(=O)=O)c4)CC3)cc2)no1. The van der Waals surface area contributed by atoms with Crippen molar-refractivity contribution in [1.82, 2.24) is 19.8 Å². The molecule has 2 heterocycles. The third kappa shape index (κ3) is 8.73. The number of benzene rings is 2. The number of hydrogen-bond donors (Lipinski definition) is 4. The number of ether oxygens (including phenoxy) is 1. The number of phenolic OH excluding ortho intramolecular Hbond substituents is 1. The number of carbonyl (C=O) groups excluding carboxylic acids is 1. The molecule has 4 rings (SSSR count). The fraction of sp³-hybridized carbons (Fsp3) is 0.444. The molecular formula is C27H35N5O9S2. The van der Waals surface area contributed by atoms with Crippen LogP contribution in [0.15, 0.2) is 51.9 Å². The van der Waals surface area contributed by atoms with Crippen LogP contribution in [0, 0.1) is 5.92 Å². The molecule has 1 unspecified atom stereocenters. The molecule has 4 N–H and O–H groups in total. The zero-order valence-corrected chi connectivity index (χ0v) is 25.4. The molecule has 0 amide bonds. The molecule has 0 aliphatic carbocycles. The molecule has 1 fully saturated rings. The number of nitrogens with one attached hydrogen (secondary N) is 2. The van der Waals surface area contributed by atoms with Gasteiger partial charge in [-0.15, -0.1) is 0 Å². The summed E-state index contributed by atoms with van der Waals surface area (Å²) >= 11 is 0. The summed E-state index contributed by atoms with van der Waals surface area (Å²) < 4.78 is 62.9. The Kier molecular flexibility index (Phi) is 10.4. The van der Waals surface area contributed by atoms with Gasteiger partial charge in [0, 0.05) is 31.6 Å². The van der Waals surface area contributed by atoms with Gasteiger partial charge < -0.3 is 24.8 Å². The van der Waals surface area contributed by atoms with Gasteiger partial charge >= 0.3 is 5.97 Å². The topological polar surface area (TPSA) is 201 Å². The molecule has 0 spiro atoms. The van der Waals surface area contributed by atoms with E-state index in [-0.39, 0.29) is 53.5 Å². The van der Waals surface area contributed by atoms with E-state index in [1.54, 1.807) is 12.1 Å². The van der Waals surface area contributed by atoms with E-state index < -0.39 is 26.2 Å². The number of aliphatic hydroxyl groups is 1. The molecule has 43 heavy (non-hydrogen) atoms. The molecule has 1 atom stereocenters. The van der Waals surface area contributed by atoms with Crippen LogP contribution < -0.4 is 10.0 Å². The summed E-state index contributed by atoms with van der Waals surface area (Å²) in [5.41, 5.74) is 0.995. The van der Waals surface area contributed by atoms with E-state index >= 15 is 0 Å². The lowest BCUT2D eigenvalue weighted by molar-refractivity contribution is -0.140. The number of sulfonamides is 2. The average Bonchev–Trinajstić information content (AvgIpc) is 3.46. The van der Waals surface area contributed by atoms with Crippen molar-refractivity contribution in [3.63, 3.8) is 0 Å². The minimum absolute atomic E-state index is 0.0151. The van der Waals surface area contributed by atoms with Crippen molar-refractivity contribution in [3.8, 4) is 17.1 Å². The number of methoxy groups -OCH3 is 1. The monoisotopic (exact) mass is 637 g/mol. The highest BCUT2D eigenvalue weighted by Gasteiger charge is 2.29. The van der Waals surface area contributed by atoms with Crippen molar-refractivity contribution in [2.75, 3.05) is 44.3 Å². The fourth-order valence-electron chi connectivity index (χ4n) is 4.65. The van der Waals surface area contributed by atoms with E-state index in [2.05, 4.69) is 24.9 Å². The number of aryl methyl sites for hydroxylation is 1. The van der Waals surface area contributed by atoms with Crippen LogP contribution in [0.5, 0.6) is 5.75 Å². The first-order valence-corrected chi connectivity index (χ1v) is 16.9. The molecule has 1 saturated heterocycles. The lowest BCUT2D eigenvalue weighted by atomic mass is 9.98. The predicted molar refractivity (Wildman–Crippen MR) is 156 cm³/mol. The van der Waals surface area contributed by atoms with Crippen LogP contribution in [0.1, 0.15) is 36.8 Å². The highest BCUT2D eigenvalue weighted by atomic mass is 32.2. The Morgan fingerprint density at radius 3 is 2.49 bits per heavy atom. The Labute approximate surface area is 250 Å². The number of esters is 1. The Balaban J connectivity index is 1.25. The normalized spacial score (nSPS) is 15.7. The lowest BCUT2D eigenvalue weighted by Gasteiger charge is -2.31. The number of hydrogen-bond acceptors (Lipinski definition) is 12. The van der Waals surface area contributed by atoms with Crippen LogP contribution >= 0.6 is 0 Å². The number of aromatic hydroxyl groups is 1. The van der Waals surface area contributed by atoms with E-state index in [9.17, 15) is 31.8 Å². The number of nitrogens with zero attached hydrogens (tertiary/aromatic N) is 3. The number of carbonyl (C=O) groups is 1. The zero-order chi connectivity index (χ0) is 31.2. The van der Waals surface area contributed by atoms with E-state index in [1.807, 2.05) is 0 Å². The first-order valence-electron chi connectivity index (χ1n) is 13.5. The third-order valence-corrected chi connectivity index (χ3v) is 9.54. The minimum atomic E-state index is -3.70. The van der Waals surface area contributed by atoms with Crippen LogP contribution in [-0.2, 0) is 36.0 Å². The van der Waals surface area contributed by atoms with Crippen molar-refractivity contribution < 1.29 is 41.1 Å². The molecule has 234 valence electrons. The molecular weight excluding hydrogens is 602 g/mol. The first-order chi connectivity index (χ1) is 20.4. The summed E-state index contributed by atoms with van der Waals surface area (Å²) in [5, 5.41) is 27.5. The van der Waals surface area contributed by atoms with Crippen molar-refractivity contribution in [2.24, 2.45) is 5.92 Å². The van der Waals surface area contributed by atoms with Crippen LogP contribution in [0.25, 0.3) is 11.4 Å². The lowest BCUT2D eigenvalue weighted by Crippen LogP contribution is -2.41. The minimum Gasteiger partial charge on any atom is -0.506 e. The van der Waals surface area contributed by atoms with Crippen molar-refractivity contribution in [2.45, 2.75) is 36.7 Å². The van der Waals surface area contributed by atoms with Gasteiger partial charge in [0.1, 0.15) is 5.75 Å². The summed E-state index contributed by atoms with van der Waals surface area (Å²) in [4.78, 5) is 15.7. The molecule has 1 aliphatic heterocycles. The van der Waals surface area contributed by atoms with Gasteiger partial charge in [-0.05, 0) is 67.3 Å². The second-order valence-electron chi connectivity index (χ2n) is 10.3. The van der Waals surface area contributed by atoms with Crippen molar-refractivity contribution in [1.29, 1.82) is 0 Å². The number of anilines is 1. The zero-order valence-electron chi connectivity index (χ0n) is 23.8. The predicted octanol–water partition coefficient (Wildman–Crippen LogP) is 1.64. The highest BCUT2D eigenvalue weighted by Crippen LogP contribution is 2.28. The first kappa shape index (κ1) is 32.3. The summed E-state index contributed by atoms with van der Waals surface area (Å²) in [5.74, 6) is 0.135. The van der Waals surface area contributed by atoms with Crippen LogP contribution in [-0.4, -0.2) is 87.0 Å². The van der Waals surface area contributed by atoms with Gasteiger partial charge in [0.25, 0.3) is 0 Å². The maximum absolute atomic E-state index is 13.2. The van der Waals surface area contributed by atoms with Gasteiger partial charge in [0.2, 0.25) is 31.8 Å². The summed E-state index contributed by atoms with van der Waals surface area (Å²) in [6, 6.07) is 10.4. The maximum Gasteiger partial charge on any atom is 0.306 e. The average molecular weight is 638 g/mol.